The van der Waals surface area contributed by atoms with E-state index in [4.69, 9.17) is 5.11 Å². The molecule has 0 aliphatic heterocycles. The zero-order valence-electron chi connectivity index (χ0n) is 12.9. The lowest BCUT2D eigenvalue weighted by atomic mass is 9.78. The summed E-state index contributed by atoms with van der Waals surface area (Å²) in [6, 6.07) is 8.18. The Morgan fingerprint density at radius 3 is 2.43 bits per heavy atom. The molecule has 0 unspecified atom stereocenters. The molecule has 0 heterocycles. The number of aliphatic carboxylic acids is 1. The maximum Gasteiger partial charge on any atom is 0.307 e. The molecule has 0 spiro atoms. The van der Waals surface area contributed by atoms with Gasteiger partial charge >= 0.3 is 5.97 Å². The summed E-state index contributed by atoms with van der Waals surface area (Å²) in [5, 5.41) is 8.80. The zero-order chi connectivity index (χ0) is 15.1. The van der Waals surface area contributed by atoms with Crippen LogP contribution in [0.4, 0.5) is 0 Å². The number of carboxylic acids is 1. The van der Waals surface area contributed by atoms with E-state index < -0.39 is 5.97 Å². The number of carbonyl (C=O) groups is 1. The summed E-state index contributed by atoms with van der Waals surface area (Å²) < 4.78 is 0. The van der Waals surface area contributed by atoms with Crippen LogP contribution in [0.3, 0.4) is 0 Å². The molecule has 0 atom stereocenters. The molecular weight excluding hydrogens is 260 g/mol. The predicted molar refractivity (Wildman–Crippen MR) is 86.5 cm³/mol. The number of rotatable bonds is 6. The molecule has 21 heavy (non-hydrogen) atoms. The second kappa shape index (κ2) is 8.02. The van der Waals surface area contributed by atoms with Crippen LogP contribution in [-0.2, 0) is 11.2 Å². The van der Waals surface area contributed by atoms with Crippen LogP contribution in [0.1, 0.15) is 62.5 Å². The van der Waals surface area contributed by atoms with Crippen molar-refractivity contribution in [1.29, 1.82) is 0 Å². The van der Waals surface area contributed by atoms with Gasteiger partial charge in [0.1, 0.15) is 0 Å². The summed E-state index contributed by atoms with van der Waals surface area (Å²) in [4.78, 5) is 10.7. The van der Waals surface area contributed by atoms with Crippen molar-refractivity contribution in [2.45, 2.75) is 57.8 Å². The summed E-state index contributed by atoms with van der Waals surface area (Å²) in [5.41, 5.74) is 2.27. The lowest BCUT2D eigenvalue weighted by Gasteiger charge is -2.27. The van der Waals surface area contributed by atoms with E-state index in [0.29, 0.717) is 5.92 Å². The minimum Gasteiger partial charge on any atom is -0.481 e. The number of allylic oxidation sites excluding steroid dienone is 2. The molecule has 1 aromatic rings. The standard InChI is InChI=1S/C19H26O2/c1-2-3-4-5-15-6-10-17(11-7-15)18-12-8-16(9-13-18)14-19(20)21/h4-5,8-9,12-13,15,17H,2-3,6-7,10-11,14H2,1H3,(H,20,21)/b5-4+. The van der Waals surface area contributed by atoms with Crippen molar-refractivity contribution < 1.29 is 9.90 Å². The van der Waals surface area contributed by atoms with Gasteiger partial charge in [0, 0.05) is 0 Å². The van der Waals surface area contributed by atoms with Crippen molar-refractivity contribution in [3.63, 3.8) is 0 Å². The van der Waals surface area contributed by atoms with Gasteiger partial charge in [0.25, 0.3) is 0 Å². The van der Waals surface area contributed by atoms with E-state index in [1.807, 2.05) is 12.1 Å². The third-order valence-electron chi connectivity index (χ3n) is 4.44. The Morgan fingerprint density at radius 2 is 1.86 bits per heavy atom. The highest BCUT2D eigenvalue weighted by Gasteiger charge is 2.20. The van der Waals surface area contributed by atoms with Crippen LogP contribution in [0.2, 0.25) is 0 Å². The van der Waals surface area contributed by atoms with Crippen molar-refractivity contribution in [3.05, 3.63) is 47.5 Å². The van der Waals surface area contributed by atoms with Gasteiger partial charge in [-0.15, -0.1) is 0 Å². The normalized spacial score (nSPS) is 22.5. The Hall–Kier alpha value is -1.57. The number of unbranched alkanes of at least 4 members (excludes halogenated alkanes) is 1. The van der Waals surface area contributed by atoms with E-state index in [2.05, 4.69) is 31.2 Å². The molecule has 2 rings (SSSR count). The van der Waals surface area contributed by atoms with Crippen molar-refractivity contribution in [1.82, 2.24) is 0 Å². The minimum absolute atomic E-state index is 0.120. The Labute approximate surface area is 127 Å². The van der Waals surface area contributed by atoms with E-state index in [-0.39, 0.29) is 6.42 Å². The Balaban J connectivity index is 1.85. The minimum atomic E-state index is -0.762. The lowest BCUT2D eigenvalue weighted by molar-refractivity contribution is -0.136. The Morgan fingerprint density at radius 1 is 1.19 bits per heavy atom. The summed E-state index contributed by atoms with van der Waals surface area (Å²) in [6.07, 6.45) is 12.4. The van der Waals surface area contributed by atoms with E-state index in [9.17, 15) is 4.79 Å². The molecule has 2 nitrogen and oxygen atoms in total. The van der Waals surface area contributed by atoms with Crippen molar-refractivity contribution >= 4 is 5.97 Å². The third-order valence-corrected chi connectivity index (χ3v) is 4.44. The molecule has 0 bridgehead atoms. The number of hydrogen-bond donors (Lipinski definition) is 1. The molecule has 0 radical (unpaired) electrons. The predicted octanol–water partition coefficient (Wildman–Crippen LogP) is 4.94. The fraction of sp³-hybridized carbons (Fsp3) is 0.526. The van der Waals surface area contributed by atoms with Gasteiger partial charge < -0.3 is 5.11 Å². The number of carboxylic acid groups (broad SMARTS) is 1. The van der Waals surface area contributed by atoms with Gasteiger partial charge in [-0.3, -0.25) is 4.79 Å². The average Bonchev–Trinajstić information content (AvgIpc) is 2.49. The molecule has 0 saturated heterocycles. The number of hydrogen-bond acceptors (Lipinski definition) is 1. The molecule has 1 saturated carbocycles. The molecule has 114 valence electrons. The number of benzene rings is 1. The van der Waals surface area contributed by atoms with Crippen LogP contribution in [0.15, 0.2) is 36.4 Å². The summed E-state index contributed by atoms with van der Waals surface area (Å²) in [7, 11) is 0. The maximum atomic E-state index is 10.7. The van der Waals surface area contributed by atoms with Gasteiger partial charge in [0.15, 0.2) is 0 Å². The second-order valence-electron chi connectivity index (χ2n) is 6.14. The lowest BCUT2D eigenvalue weighted by Crippen LogP contribution is -2.11. The third kappa shape index (κ3) is 5.04. The monoisotopic (exact) mass is 286 g/mol. The first-order chi connectivity index (χ1) is 10.2. The molecule has 1 fully saturated rings. The zero-order valence-corrected chi connectivity index (χ0v) is 12.9. The van der Waals surface area contributed by atoms with Gasteiger partial charge in [0.05, 0.1) is 6.42 Å². The van der Waals surface area contributed by atoms with Gasteiger partial charge in [0.2, 0.25) is 0 Å². The van der Waals surface area contributed by atoms with Crippen molar-refractivity contribution in [2.24, 2.45) is 5.92 Å². The van der Waals surface area contributed by atoms with Crippen LogP contribution in [0.25, 0.3) is 0 Å². The summed E-state index contributed by atoms with van der Waals surface area (Å²) >= 11 is 0. The Kier molecular flexibility index (Phi) is 6.04. The fourth-order valence-corrected chi connectivity index (χ4v) is 3.18. The molecule has 2 heteroatoms. The Bertz CT molecular complexity index is 465. The topological polar surface area (TPSA) is 37.3 Å². The van der Waals surface area contributed by atoms with Crippen LogP contribution in [0.5, 0.6) is 0 Å². The SMILES string of the molecule is CCC/C=C/C1CCC(c2ccc(CC(=O)O)cc2)CC1. The first kappa shape index (κ1) is 15.8. The van der Waals surface area contributed by atoms with Crippen molar-refractivity contribution in [3.8, 4) is 0 Å². The summed E-state index contributed by atoms with van der Waals surface area (Å²) in [5.74, 6) is 0.654. The first-order valence-electron chi connectivity index (χ1n) is 8.16. The second-order valence-corrected chi connectivity index (χ2v) is 6.14. The first-order valence-corrected chi connectivity index (χ1v) is 8.16. The highest BCUT2D eigenvalue weighted by Crippen LogP contribution is 2.36. The fourth-order valence-electron chi connectivity index (χ4n) is 3.18. The van der Waals surface area contributed by atoms with Crippen molar-refractivity contribution in [2.75, 3.05) is 0 Å². The quantitative estimate of drug-likeness (QED) is 0.752. The van der Waals surface area contributed by atoms with Gasteiger partial charge in [-0.25, -0.2) is 0 Å². The molecule has 1 aliphatic carbocycles. The highest BCUT2D eigenvalue weighted by atomic mass is 16.4. The molecule has 1 aromatic carbocycles. The molecule has 1 N–H and O–H groups in total. The maximum absolute atomic E-state index is 10.7. The molecule has 1 aliphatic rings. The van der Waals surface area contributed by atoms with Gasteiger partial charge in [-0.2, -0.15) is 0 Å². The van der Waals surface area contributed by atoms with Crippen LogP contribution < -0.4 is 0 Å². The van der Waals surface area contributed by atoms with Gasteiger partial charge in [-0.05, 0) is 55.1 Å². The largest absolute Gasteiger partial charge is 0.481 e. The molecular formula is C19H26O2. The summed E-state index contributed by atoms with van der Waals surface area (Å²) in [6.45, 7) is 2.22. The van der Waals surface area contributed by atoms with E-state index >= 15 is 0 Å². The van der Waals surface area contributed by atoms with E-state index in [1.165, 1.54) is 44.1 Å². The van der Waals surface area contributed by atoms with Gasteiger partial charge in [-0.1, -0.05) is 49.8 Å². The molecule has 0 aromatic heterocycles. The highest BCUT2D eigenvalue weighted by molar-refractivity contribution is 5.70. The molecule has 0 amide bonds. The van der Waals surface area contributed by atoms with Crippen LogP contribution in [-0.4, -0.2) is 11.1 Å². The van der Waals surface area contributed by atoms with Crippen LogP contribution >= 0.6 is 0 Å². The smallest absolute Gasteiger partial charge is 0.307 e. The van der Waals surface area contributed by atoms with E-state index in [0.717, 1.165) is 11.5 Å². The van der Waals surface area contributed by atoms with E-state index in [1.54, 1.807) is 0 Å². The van der Waals surface area contributed by atoms with Crippen LogP contribution in [0, 0.1) is 5.92 Å². The average molecular weight is 286 g/mol.